The molecule has 0 bridgehead atoms. The molecular formula is C16H19NO2S. The number of hydrogen-bond acceptors (Lipinski definition) is 4. The number of carbonyl (C=O) groups is 1. The summed E-state index contributed by atoms with van der Waals surface area (Å²) in [5, 5.41) is 0.869. The van der Waals surface area contributed by atoms with Crippen LogP contribution >= 0.6 is 11.3 Å². The minimum atomic E-state index is 0.0709. The lowest BCUT2D eigenvalue weighted by molar-refractivity contribution is 0.102. The number of rotatable bonds is 6. The normalized spacial score (nSPS) is 10.6. The highest BCUT2D eigenvalue weighted by Gasteiger charge is 2.13. The SMILES string of the molecule is CCCCOc1cccc(-c2nc(C)c(C(C)=O)s2)c1. The Morgan fingerprint density at radius 1 is 1.40 bits per heavy atom. The zero-order valence-electron chi connectivity index (χ0n) is 12.1. The van der Waals surface area contributed by atoms with Crippen molar-refractivity contribution in [3.63, 3.8) is 0 Å². The average molecular weight is 289 g/mol. The van der Waals surface area contributed by atoms with Gasteiger partial charge in [-0.25, -0.2) is 4.98 Å². The molecule has 1 aromatic carbocycles. The number of unbranched alkanes of at least 4 members (excludes halogenated alkanes) is 1. The van der Waals surface area contributed by atoms with Gasteiger partial charge in [0.2, 0.25) is 0 Å². The van der Waals surface area contributed by atoms with E-state index in [4.69, 9.17) is 4.74 Å². The number of ketones is 1. The van der Waals surface area contributed by atoms with Gasteiger partial charge in [0.05, 0.1) is 17.2 Å². The van der Waals surface area contributed by atoms with Crippen LogP contribution in [0.1, 0.15) is 42.1 Å². The summed E-state index contributed by atoms with van der Waals surface area (Å²) in [6.07, 6.45) is 2.17. The Hall–Kier alpha value is -1.68. The molecule has 106 valence electrons. The molecule has 0 radical (unpaired) electrons. The summed E-state index contributed by atoms with van der Waals surface area (Å²) in [7, 11) is 0. The molecule has 4 heteroatoms. The highest BCUT2D eigenvalue weighted by molar-refractivity contribution is 7.17. The molecule has 0 unspecified atom stereocenters. The third kappa shape index (κ3) is 3.45. The van der Waals surface area contributed by atoms with Crippen molar-refractivity contribution in [1.82, 2.24) is 4.98 Å². The summed E-state index contributed by atoms with van der Waals surface area (Å²) in [5.74, 6) is 0.926. The van der Waals surface area contributed by atoms with Crippen LogP contribution in [0.4, 0.5) is 0 Å². The van der Waals surface area contributed by atoms with Crippen LogP contribution in [0.15, 0.2) is 24.3 Å². The first-order valence-electron chi connectivity index (χ1n) is 6.83. The molecular weight excluding hydrogens is 270 g/mol. The molecule has 0 atom stereocenters. The van der Waals surface area contributed by atoms with Crippen LogP contribution in [0, 0.1) is 6.92 Å². The van der Waals surface area contributed by atoms with E-state index in [2.05, 4.69) is 11.9 Å². The number of thiazole rings is 1. The van der Waals surface area contributed by atoms with Crippen molar-refractivity contribution in [2.24, 2.45) is 0 Å². The first-order chi connectivity index (χ1) is 9.61. The molecule has 1 aromatic heterocycles. The van der Waals surface area contributed by atoms with Crippen molar-refractivity contribution in [2.45, 2.75) is 33.6 Å². The highest BCUT2D eigenvalue weighted by atomic mass is 32.1. The zero-order valence-corrected chi connectivity index (χ0v) is 12.9. The van der Waals surface area contributed by atoms with E-state index in [9.17, 15) is 4.79 Å². The van der Waals surface area contributed by atoms with E-state index in [0.717, 1.165) is 46.3 Å². The van der Waals surface area contributed by atoms with Gasteiger partial charge >= 0.3 is 0 Å². The van der Waals surface area contributed by atoms with Gasteiger partial charge in [-0.1, -0.05) is 25.5 Å². The van der Waals surface area contributed by atoms with E-state index in [0.29, 0.717) is 0 Å². The number of aryl methyl sites for hydroxylation is 1. The number of aromatic nitrogens is 1. The number of Topliss-reactive ketones (excluding diaryl/α,β-unsaturated/α-hetero) is 1. The Balaban J connectivity index is 2.22. The lowest BCUT2D eigenvalue weighted by atomic mass is 10.2. The second-order valence-electron chi connectivity index (χ2n) is 4.72. The van der Waals surface area contributed by atoms with Gasteiger partial charge in [0.15, 0.2) is 5.78 Å². The molecule has 0 amide bonds. The molecule has 2 aromatic rings. The van der Waals surface area contributed by atoms with Crippen molar-refractivity contribution in [2.75, 3.05) is 6.61 Å². The molecule has 0 aliphatic heterocycles. The molecule has 0 aliphatic rings. The van der Waals surface area contributed by atoms with E-state index in [1.54, 1.807) is 6.92 Å². The van der Waals surface area contributed by atoms with E-state index in [1.165, 1.54) is 11.3 Å². The lowest BCUT2D eigenvalue weighted by Crippen LogP contribution is -1.96. The van der Waals surface area contributed by atoms with Gasteiger partial charge in [-0.3, -0.25) is 4.79 Å². The summed E-state index contributed by atoms with van der Waals surface area (Å²) in [6, 6.07) is 7.89. The maximum Gasteiger partial charge on any atom is 0.171 e. The molecule has 0 aliphatic carbocycles. The van der Waals surface area contributed by atoms with Crippen LogP contribution in [0.5, 0.6) is 5.75 Å². The maximum atomic E-state index is 11.5. The van der Waals surface area contributed by atoms with Gasteiger partial charge < -0.3 is 4.74 Å². The summed E-state index contributed by atoms with van der Waals surface area (Å²) in [6.45, 7) is 6.32. The predicted octanol–water partition coefficient (Wildman–Crippen LogP) is 4.50. The van der Waals surface area contributed by atoms with E-state index < -0.39 is 0 Å². The van der Waals surface area contributed by atoms with Crippen LogP contribution in [0.2, 0.25) is 0 Å². The van der Waals surface area contributed by atoms with Gasteiger partial charge in [0, 0.05) is 12.5 Å². The molecule has 0 spiro atoms. The summed E-state index contributed by atoms with van der Waals surface area (Å²) < 4.78 is 5.70. The predicted molar refractivity (Wildman–Crippen MR) is 82.7 cm³/mol. The van der Waals surface area contributed by atoms with Crippen LogP contribution in [0.3, 0.4) is 0 Å². The van der Waals surface area contributed by atoms with Crippen molar-refractivity contribution in [3.8, 4) is 16.3 Å². The number of nitrogens with zero attached hydrogens (tertiary/aromatic N) is 1. The van der Waals surface area contributed by atoms with Crippen molar-refractivity contribution in [3.05, 3.63) is 34.8 Å². The highest BCUT2D eigenvalue weighted by Crippen LogP contribution is 2.30. The molecule has 0 saturated heterocycles. The Kier molecular flexibility index (Phi) is 4.90. The fourth-order valence-electron chi connectivity index (χ4n) is 1.90. The minimum absolute atomic E-state index is 0.0709. The Bertz CT molecular complexity index is 604. The van der Waals surface area contributed by atoms with E-state index >= 15 is 0 Å². The quantitative estimate of drug-likeness (QED) is 0.580. The van der Waals surface area contributed by atoms with Crippen LogP contribution in [-0.2, 0) is 0 Å². The summed E-state index contributed by atoms with van der Waals surface area (Å²) in [5.41, 5.74) is 1.80. The molecule has 0 fully saturated rings. The van der Waals surface area contributed by atoms with E-state index in [-0.39, 0.29) is 5.78 Å². The number of ether oxygens (including phenoxy) is 1. The van der Waals surface area contributed by atoms with Crippen LogP contribution < -0.4 is 4.74 Å². The van der Waals surface area contributed by atoms with Crippen LogP contribution in [-0.4, -0.2) is 17.4 Å². The Labute approximate surface area is 123 Å². The first kappa shape index (κ1) is 14.7. The standard InChI is InChI=1S/C16H19NO2S/c1-4-5-9-19-14-8-6-7-13(10-14)16-17-11(2)15(20-16)12(3)18/h6-8,10H,4-5,9H2,1-3H3. The monoisotopic (exact) mass is 289 g/mol. The topological polar surface area (TPSA) is 39.2 Å². The van der Waals surface area contributed by atoms with Gasteiger partial charge in [-0.15, -0.1) is 11.3 Å². The van der Waals surface area contributed by atoms with E-state index in [1.807, 2.05) is 31.2 Å². The van der Waals surface area contributed by atoms with Crippen LogP contribution in [0.25, 0.3) is 10.6 Å². The Morgan fingerprint density at radius 3 is 2.85 bits per heavy atom. The van der Waals surface area contributed by atoms with Gasteiger partial charge in [-0.2, -0.15) is 0 Å². The van der Waals surface area contributed by atoms with Crippen molar-refractivity contribution < 1.29 is 9.53 Å². The fourth-order valence-corrected chi connectivity index (χ4v) is 2.86. The molecule has 0 N–H and O–H groups in total. The van der Waals surface area contributed by atoms with Gasteiger partial charge in [-0.05, 0) is 25.5 Å². The fraction of sp³-hybridized carbons (Fsp3) is 0.375. The second-order valence-corrected chi connectivity index (χ2v) is 5.72. The first-order valence-corrected chi connectivity index (χ1v) is 7.65. The molecule has 1 heterocycles. The molecule has 0 saturated carbocycles. The largest absolute Gasteiger partial charge is 0.494 e. The maximum absolute atomic E-state index is 11.5. The lowest BCUT2D eigenvalue weighted by Gasteiger charge is -2.06. The van der Waals surface area contributed by atoms with Crippen molar-refractivity contribution in [1.29, 1.82) is 0 Å². The van der Waals surface area contributed by atoms with Gasteiger partial charge in [0.25, 0.3) is 0 Å². The molecule has 20 heavy (non-hydrogen) atoms. The number of hydrogen-bond donors (Lipinski definition) is 0. The van der Waals surface area contributed by atoms with Crippen molar-refractivity contribution >= 4 is 17.1 Å². The number of carbonyl (C=O) groups excluding carboxylic acids is 1. The Morgan fingerprint density at radius 2 is 2.20 bits per heavy atom. The molecule has 2 rings (SSSR count). The summed E-state index contributed by atoms with van der Waals surface area (Å²) in [4.78, 5) is 16.7. The van der Waals surface area contributed by atoms with Gasteiger partial charge in [0.1, 0.15) is 10.8 Å². The zero-order chi connectivity index (χ0) is 14.5. The minimum Gasteiger partial charge on any atom is -0.494 e. The smallest absolute Gasteiger partial charge is 0.171 e. The number of benzene rings is 1. The average Bonchev–Trinajstić information content (AvgIpc) is 2.82. The summed E-state index contributed by atoms with van der Waals surface area (Å²) >= 11 is 1.44. The third-order valence-electron chi connectivity index (χ3n) is 2.96. The third-order valence-corrected chi connectivity index (χ3v) is 4.27. The molecule has 3 nitrogen and oxygen atoms in total. The second kappa shape index (κ2) is 6.66.